The summed E-state index contributed by atoms with van der Waals surface area (Å²) in [5, 5.41) is 4.00. The minimum Gasteiger partial charge on any atom is -0.490 e. The van der Waals surface area contributed by atoms with Crippen LogP contribution in [0.3, 0.4) is 0 Å². The van der Waals surface area contributed by atoms with Crippen LogP contribution in [0.4, 0.5) is 0 Å². The zero-order valence-corrected chi connectivity index (χ0v) is 19.0. The molecule has 3 aromatic rings. The van der Waals surface area contributed by atoms with Crippen molar-refractivity contribution >= 4 is 34.0 Å². The highest BCUT2D eigenvalue weighted by atomic mass is 79.9. The Bertz CT molecular complexity index is 1160. The number of ether oxygens (including phenoxy) is 2. The third-order valence-electron chi connectivity index (χ3n) is 4.28. The van der Waals surface area contributed by atoms with Crippen LogP contribution in [0.2, 0.25) is 0 Å². The molecule has 6 nitrogen and oxygen atoms in total. The van der Waals surface area contributed by atoms with E-state index < -0.39 is 5.97 Å². The molecule has 0 atom stereocenters. The van der Waals surface area contributed by atoms with Crippen molar-refractivity contribution in [3.05, 3.63) is 106 Å². The van der Waals surface area contributed by atoms with E-state index in [4.69, 9.17) is 9.47 Å². The van der Waals surface area contributed by atoms with Crippen molar-refractivity contribution in [2.45, 2.75) is 6.92 Å². The van der Waals surface area contributed by atoms with E-state index in [1.165, 1.54) is 6.21 Å². The van der Waals surface area contributed by atoms with E-state index in [1.807, 2.05) is 13.0 Å². The zero-order valence-electron chi connectivity index (χ0n) is 17.4. The second kappa shape index (κ2) is 11.1. The fourth-order valence-corrected chi connectivity index (χ4v) is 3.11. The Hall–Kier alpha value is -3.71. The van der Waals surface area contributed by atoms with Crippen molar-refractivity contribution in [2.75, 3.05) is 6.61 Å². The number of amides is 1. The first-order chi connectivity index (χ1) is 15.5. The SMILES string of the molecule is C=CCOc1ccc(C(=O)NN=Cc2cc(Br)ccc2OC(=O)c2cccc(C)c2)cc1. The summed E-state index contributed by atoms with van der Waals surface area (Å²) in [6, 6.07) is 18.9. The van der Waals surface area contributed by atoms with Crippen LogP contribution in [0.1, 0.15) is 31.8 Å². The smallest absolute Gasteiger partial charge is 0.343 e. The Morgan fingerprint density at radius 2 is 1.84 bits per heavy atom. The van der Waals surface area contributed by atoms with Crippen LogP contribution >= 0.6 is 15.9 Å². The first kappa shape index (κ1) is 23.0. The van der Waals surface area contributed by atoms with Gasteiger partial charge in [0.15, 0.2) is 0 Å². The number of esters is 1. The third-order valence-corrected chi connectivity index (χ3v) is 4.78. The highest BCUT2D eigenvalue weighted by Gasteiger charge is 2.12. The lowest BCUT2D eigenvalue weighted by molar-refractivity contribution is 0.0734. The Labute approximate surface area is 194 Å². The normalized spacial score (nSPS) is 10.6. The van der Waals surface area contributed by atoms with Gasteiger partial charge in [-0.3, -0.25) is 4.79 Å². The minimum absolute atomic E-state index is 0.321. The second-order valence-corrected chi connectivity index (χ2v) is 7.68. The molecule has 0 unspecified atom stereocenters. The second-order valence-electron chi connectivity index (χ2n) is 6.76. The van der Waals surface area contributed by atoms with E-state index in [0.717, 1.165) is 10.0 Å². The molecule has 3 rings (SSSR count). The lowest BCUT2D eigenvalue weighted by Crippen LogP contribution is -2.17. The third kappa shape index (κ3) is 6.39. The molecule has 0 saturated carbocycles. The summed E-state index contributed by atoms with van der Waals surface area (Å²) in [4.78, 5) is 24.8. The van der Waals surface area contributed by atoms with Gasteiger partial charge in [-0.05, 0) is 61.5 Å². The monoisotopic (exact) mass is 492 g/mol. The molecule has 7 heteroatoms. The summed E-state index contributed by atoms with van der Waals surface area (Å²) in [6.07, 6.45) is 3.06. The Morgan fingerprint density at radius 3 is 2.56 bits per heavy atom. The maximum absolute atomic E-state index is 12.5. The van der Waals surface area contributed by atoms with Crippen LogP contribution in [0.15, 0.2) is 89.0 Å². The van der Waals surface area contributed by atoms with Gasteiger partial charge in [0.2, 0.25) is 0 Å². The van der Waals surface area contributed by atoms with Gasteiger partial charge in [0.25, 0.3) is 5.91 Å². The van der Waals surface area contributed by atoms with Crippen molar-refractivity contribution in [3.8, 4) is 11.5 Å². The van der Waals surface area contributed by atoms with E-state index in [2.05, 4.69) is 33.0 Å². The number of carbonyl (C=O) groups is 2. The number of hydrazone groups is 1. The number of hydrogen-bond donors (Lipinski definition) is 1. The molecule has 1 N–H and O–H groups in total. The molecule has 1 amide bonds. The van der Waals surface area contributed by atoms with Crippen LogP contribution in [-0.4, -0.2) is 24.7 Å². The summed E-state index contributed by atoms with van der Waals surface area (Å²) in [5.74, 6) is 0.0962. The summed E-state index contributed by atoms with van der Waals surface area (Å²) >= 11 is 3.39. The molecule has 32 heavy (non-hydrogen) atoms. The summed E-state index contributed by atoms with van der Waals surface area (Å²) < 4.78 is 11.7. The van der Waals surface area contributed by atoms with Crippen molar-refractivity contribution < 1.29 is 19.1 Å². The van der Waals surface area contributed by atoms with Gasteiger partial charge >= 0.3 is 5.97 Å². The minimum atomic E-state index is -0.478. The van der Waals surface area contributed by atoms with E-state index in [-0.39, 0.29) is 5.91 Å². The number of aryl methyl sites for hydroxylation is 1. The zero-order chi connectivity index (χ0) is 22.9. The first-order valence-electron chi connectivity index (χ1n) is 9.72. The Morgan fingerprint density at radius 1 is 1.06 bits per heavy atom. The lowest BCUT2D eigenvalue weighted by Gasteiger charge is -2.08. The Balaban J connectivity index is 1.68. The molecule has 0 heterocycles. The lowest BCUT2D eigenvalue weighted by atomic mass is 10.1. The van der Waals surface area contributed by atoms with Crippen LogP contribution in [0, 0.1) is 6.92 Å². The van der Waals surface area contributed by atoms with Gasteiger partial charge in [-0.1, -0.05) is 46.3 Å². The highest BCUT2D eigenvalue weighted by molar-refractivity contribution is 9.10. The average Bonchev–Trinajstić information content (AvgIpc) is 2.79. The molecular weight excluding hydrogens is 472 g/mol. The van der Waals surface area contributed by atoms with Crippen molar-refractivity contribution in [2.24, 2.45) is 5.10 Å². The summed E-state index contributed by atoms with van der Waals surface area (Å²) in [5.41, 5.74) is 4.82. The molecular formula is C25H21BrN2O4. The topological polar surface area (TPSA) is 77.0 Å². The molecule has 0 aliphatic carbocycles. The maximum Gasteiger partial charge on any atom is 0.343 e. The number of rotatable bonds is 8. The van der Waals surface area contributed by atoms with Gasteiger partial charge < -0.3 is 9.47 Å². The summed E-state index contributed by atoms with van der Waals surface area (Å²) in [7, 11) is 0. The molecule has 162 valence electrons. The largest absolute Gasteiger partial charge is 0.490 e. The Kier molecular flexibility index (Phi) is 7.94. The van der Waals surface area contributed by atoms with E-state index in [9.17, 15) is 9.59 Å². The molecule has 0 aliphatic rings. The van der Waals surface area contributed by atoms with Crippen molar-refractivity contribution in [1.29, 1.82) is 0 Å². The van der Waals surface area contributed by atoms with Gasteiger partial charge in [0.1, 0.15) is 18.1 Å². The predicted molar refractivity (Wildman–Crippen MR) is 127 cm³/mol. The number of nitrogens with zero attached hydrogens (tertiary/aromatic N) is 1. The fraction of sp³-hybridized carbons (Fsp3) is 0.0800. The van der Waals surface area contributed by atoms with Gasteiger partial charge in [-0.2, -0.15) is 5.10 Å². The molecule has 0 fully saturated rings. The quantitative estimate of drug-likeness (QED) is 0.152. The van der Waals surface area contributed by atoms with Gasteiger partial charge in [0, 0.05) is 15.6 Å². The maximum atomic E-state index is 12.5. The van der Waals surface area contributed by atoms with E-state index in [1.54, 1.807) is 66.7 Å². The predicted octanol–water partition coefficient (Wildman–Crippen LogP) is 5.31. The van der Waals surface area contributed by atoms with Crippen LogP contribution in [-0.2, 0) is 0 Å². The molecule has 0 bridgehead atoms. The van der Waals surface area contributed by atoms with Gasteiger partial charge in [0.05, 0.1) is 11.8 Å². The fourth-order valence-electron chi connectivity index (χ4n) is 2.73. The average molecular weight is 493 g/mol. The van der Waals surface area contributed by atoms with Gasteiger partial charge in [-0.15, -0.1) is 0 Å². The van der Waals surface area contributed by atoms with Crippen LogP contribution in [0.25, 0.3) is 0 Å². The molecule has 0 spiro atoms. The summed E-state index contributed by atoms with van der Waals surface area (Å²) in [6.45, 7) is 5.88. The molecule has 0 saturated heterocycles. The number of carbonyl (C=O) groups excluding carboxylic acids is 2. The van der Waals surface area contributed by atoms with Crippen LogP contribution in [0.5, 0.6) is 11.5 Å². The van der Waals surface area contributed by atoms with Crippen molar-refractivity contribution in [1.82, 2.24) is 5.43 Å². The van der Waals surface area contributed by atoms with Gasteiger partial charge in [-0.25, -0.2) is 10.2 Å². The number of halogens is 1. The molecule has 0 radical (unpaired) electrons. The number of hydrogen-bond acceptors (Lipinski definition) is 5. The first-order valence-corrected chi connectivity index (χ1v) is 10.5. The molecule has 0 aliphatic heterocycles. The van der Waals surface area contributed by atoms with Crippen molar-refractivity contribution in [3.63, 3.8) is 0 Å². The standard InChI is InChI=1S/C25H21BrN2O4/c1-3-13-31-22-10-7-18(8-11-22)24(29)28-27-16-20-15-21(26)9-12-23(20)32-25(30)19-6-4-5-17(2)14-19/h3-12,14-16H,1,13H2,2H3,(H,28,29). The highest BCUT2D eigenvalue weighted by Crippen LogP contribution is 2.23. The van der Waals surface area contributed by atoms with E-state index >= 15 is 0 Å². The number of nitrogens with one attached hydrogen (secondary N) is 1. The van der Waals surface area contributed by atoms with E-state index in [0.29, 0.717) is 34.8 Å². The molecule has 0 aromatic heterocycles. The number of benzene rings is 3. The van der Waals surface area contributed by atoms with Crippen LogP contribution < -0.4 is 14.9 Å². The molecule has 3 aromatic carbocycles.